The summed E-state index contributed by atoms with van der Waals surface area (Å²) < 4.78 is 84.6. The predicted octanol–water partition coefficient (Wildman–Crippen LogP) is 6.34. The van der Waals surface area contributed by atoms with Crippen LogP contribution < -0.4 is 9.04 Å². The Morgan fingerprint density at radius 2 is 1.85 bits per heavy atom. The number of anilines is 1. The van der Waals surface area contributed by atoms with E-state index in [0.29, 0.717) is 11.1 Å². The third-order valence-electron chi connectivity index (χ3n) is 6.35. The van der Waals surface area contributed by atoms with E-state index in [1.165, 1.54) is 47.1 Å². The van der Waals surface area contributed by atoms with Gasteiger partial charge in [0.05, 0.1) is 34.7 Å². The molecule has 14 heteroatoms. The largest absolute Gasteiger partial charge is 0.573 e. The van der Waals surface area contributed by atoms with Gasteiger partial charge in [-0.3, -0.25) is 4.31 Å². The number of carbonyl (C=O) groups is 1. The summed E-state index contributed by atoms with van der Waals surface area (Å²) in [5.41, 5.74) is 1.50. The molecule has 0 bridgehead atoms. The summed E-state index contributed by atoms with van der Waals surface area (Å²) in [4.78, 5) is 12.3. The molecule has 0 spiro atoms. The molecule has 1 saturated carbocycles. The van der Waals surface area contributed by atoms with E-state index < -0.39 is 33.9 Å². The Kier molecular flexibility index (Phi) is 7.03. The summed E-state index contributed by atoms with van der Waals surface area (Å²) in [5, 5.41) is 14.4. The molecule has 2 aromatic carbocycles. The number of rotatable bonds is 8. The molecule has 40 heavy (non-hydrogen) atoms. The molecular formula is C26H20BrF4N3O5S. The quantitative estimate of drug-likeness (QED) is 0.225. The molecule has 1 aliphatic carbocycles. The Labute approximate surface area is 234 Å². The molecule has 0 aliphatic heterocycles. The molecule has 2 heterocycles. The van der Waals surface area contributed by atoms with Crippen molar-refractivity contribution in [1.29, 1.82) is 0 Å². The maximum absolute atomic E-state index is 13.5. The summed E-state index contributed by atoms with van der Waals surface area (Å²) in [6.07, 6.45) is -1.11. The number of sulfonamides is 1. The van der Waals surface area contributed by atoms with Gasteiger partial charge in [-0.2, -0.15) is 5.10 Å². The Morgan fingerprint density at radius 1 is 1.18 bits per heavy atom. The molecule has 1 aliphatic rings. The minimum atomic E-state index is -4.95. The molecule has 0 saturated heterocycles. The number of aromatic carboxylic acids is 1. The number of halogens is 5. The number of fused-ring (bicyclic) bond motifs is 1. The average molecular weight is 642 g/mol. The van der Waals surface area contributed by atoms with Crippen LogP contribution in [0.5, 0.6) is 5.75 Å². The third kappa shape index (κ3) is 5.77. The van der Waals surface area contributed by atoms with Gasteiger partial charge in [-0.05, 0) is 88.3 Å². The molecule has 4 aromatic rings. The van der Waals surface area contributed by atoms with Crippen molar-refractivity contribution in [2.45, 2.75) is 31.7 Å². The van der Waals surface area contributed by atoms with Gasteiger partial charge in [-0.25, -0.2) is 22.1 Å². The normalized spacial score (nSPS) is 13.9. The number of ether oxygens (including phenoxy) is 1. The molecule has 0 unspecified atom stereocenters. The summed E-state index contributed by atoms with van der Waals surface area (Å²) in [7, 11) is -3.99. The minimum Gasteiger partial charge on any atom is -0.478 e. The Balaban J connectivity index is 1.66. The van der Waals surface area contributed by atoms with E-state index >= 15 is 0 Å². The van der Waals surface area contributed by atoms with Gasteiger partial charge in [-0.1, -0.05) is 6.07 Å². The Bertz CT molecular complexity index is 1740. The lowest BCUT2D eigenvalue weighted by Crippen LogP contribution is -2.30. The van der Waals surface area contributed by atoms with Gasteiger partial charge in [-0.15, -0.1) is 13.2 Å². The van der Waals surface area contributed by atoms with Crippen molar-refractivity contribution in [2.75, 3.05) is 10.6 Å². The standard InChI is InChI=1S/C26H20BrF4N3O5S/c1-40(37,38)34(12-14-2-9-19(27)22(10-14)39-26(29,30)31)21-13-33-20(11-18(21)15-3-4-15)23(25(35)36)24(32-33)16-5-7-17(28)8-6-16/h2,5-11,13,15H,3-4,12H2,1H3,(H,35,36). The zero-order valence-electron chi connectivity index (χ0n) is 20.6. The topological polar surface area (TPSA) is 101 Å². The van der Waals surface area contributed by atoms with E-state index in [1.807, 2.05) is 0 Å². The lowest BCUT2D eigenvalue weighted by Gasteiger charge is -2.25. The Hall–Kier alpha value is -3.65. The number of carboxylic acid groups (broad SMARTS) is 1. The van der Waals surface area contributed by atoms with Crippen LogP contribution in [0.4, 0.5) is 23.2 Å². The lowest BCUT2D eigenvalue weighted by atomic mass is 10.0. The van der Waals surface area contributed by atoms with Gasteiger partial charge < -0.3 is 9.84 Å². The van der Waals surface area contributed by atoms with Crippen LogP contribution in [0, 0.1) is 5.82 Å². The van der Waals surface area contributed by atoms with Crippen molar-refractivity contribution in [3.8, 4) is 17.0 Å². The van der Waals surface area contributed by atoms with Gasteiger partial charge in [0.15, 0.2) is 0 Å². The van der Waals surface area contributed by atoms with Crippen LogP contribution in [0.2, 0.25) is 0 Å². The first kappa shape index (κ1) is 27.9. The van der Waals surface area contributed by atoms with E-state index in [0.717, 1.165) is 29.5 Å². The van der Waals surface area contributed by atoms with Crippen LogP contribution in [-0.2, 0) is 16.6 Å². The van der Waals surface area contributed by atoms with Crippen LogP contribution in [0.25, 0.3) is 16.8 Å². The SMILES string of the molecule is CS(=O)(=O)N(Cc1ccc(Br)c(OC(F)(F)F)c1)c1cn2nc(-c3ccc(F)cc3)c(C(=O)O)c2cc1C1CC1. The van der Waals surface area contributed by atoms with Crippen LogP contribution in [0.3, 0.4) is 0 Å². The minimum absolute atomic E-state index is 0.0330. The fraction of sp³-hybridized carbons (Fsp3) is 0.231. The molecule has 0 atom stereocenters. The Morgan fingerprint density at radius 3 is 2.42 bits per heavy atom. The van der Waals surface area contributed by atoms with Gasteiger partial charge >= 0.3 is 12.3 Å². The van der Waals surface area contributed by atoms with E-state index in [2.05, 4.69) is 25.8 Å². The van der Waals surface area contributed by atoms with E-state index in [4.69, 9.17) is 0 Å². The summed E-state index contributed by atoms with van der Waals surface area (Å²) in [5.74, 6) is -2.36. The highest BCUT2D eigenvalue weighted by Crippen LogP contribution is 2.46. The number of nitrogens with zero attached hydrogens (tertiary/aromatic N) is 3. The van der Waals surface area contributed by atoms with Gasteiger partial charge in [0.1, 0.15) is 22.8 Å². The second kappa shape index (κ2) is 10.1. The second-order valence-corrected chi connectivity index (χ2v) is 12.1. The molecule has 8 nitrogen and oxygen atoms in total. The molecule has 1 fully saturated rings. The lowest BCUT2D eigenvalue weighted by molar-refractivity contribution is -0.274. The van der Waals surface area contributed by atoms with Crippen molar-refractivity contribution in [2.24, 2.45) is 0 Å². The second-order valence-electron chi connectivity index (χ2n) is 9.34. The molecule has 2 aromatic heterocycles. The maximum atomic E-state index is 13.5. The van der Waals surface area contributed by atoms with Gasteiger partial charge in [0.2, 0.25) is 10.0 Å². The van der Waals surface area contributed by atoms with Gasteiger partial charge in [0, 0.05) is 5.56 Å². The van der Waals surface area contributed by atoms with Crippen LogP contribution in [0.1, 0.15) is 40.2 Å². The number of hydrogen-bond acceptors (Lipinski definition) is 5. The average Bonchev–Trinajstić information content (AvgIpc) is 3.62. The van der Waals surface area contributed by atoms with Crippen LogP contribution in [0.15, 0.2) is 59.2 Å². The molecular weight excluding hydrogens is 622 g/mol. The number of pyridine rings is 1. The molecule has 0 amide bonds. The summed E-state index contributed by atoms with van der Waals surface area (Å²) in [6, 6.07) is 10.6. The number of carboxylic acids is 1. The van der Waals surface area contributed by atoms with Crippen LogP contribution >= 0.6 is 15.9 Å². The molecule has 1 N–H and O–H groups in total. The van der Waals surface area contributed by atoms with E-state index in [9.17, 15) is 35.9 Å². The zero-order valence-corrected chi connectivity index (χ0v) is 23.0. The number of benzene rings is 2. The van der Waals surface area contributed by atoms with Crippen LogP contribution in [-0.4, -0.2) is 41.7 Å². The van der Waals surface area contributed by atoms with Crippen molar-refractivity contribution in [1.82, 2.24) is 9.61 Å². The van der Waals surface area contributed by atoms with Crippen molar-refractivity contribution in [3.63, 3.8) is 0 Å². The molecule has 0 radical (unpaired) electrons. The van der Waals surface area contributed by atoms with E-state index in [1.54, 1.807) is 6.07 Å². The highest BCUT2D eigenvalue weighted by Gasteiger charge is 2.34. The number of aromatic nitrogens is 2. The first-order chi connectivity index (χ1) is 18.7. The summed E-state index contributed by atoms with van der Waals surface area (Å²) >= 11 is 3.01. The fourth-order valence-corrected chi connectivity index (χ4v) is 5.66. The highest BCUT2D eigenvalue weighted by atomic mass is 79.9. The molecule has 5 rings (SSSR count). The third-order valence-corrected chi connectivity index (χ3v) is 8.13. The number of alkyl halides is 3. The first-order valence-corrected chi connectivity index (χ1v) is 14.4. The first-order valence-electron chi connectivity index (χ1n) is 11.8. The predicted molar refractivity (Wildman–Crippen MR) is 141 cm³/mol. The van der Waals surface area contributed by atoms with E-state index in [-0.39, 0.29) is 45.0 Å². The van der Waals surface area contributed by atoms with Crippen molar-refractivity contribution >= 4 is 43.1 Å². The van der Waals surface area contributed by atoms with Crippen molar-refractivity contribution in [3.05, 3.63) is 81.7 Å². The van der Waals surface area contributed by atoms with Crippen molar-refractivity contribution < 1.29 is 40.6 Å². The maximum Gasteiger partial charge on any atom is 0.573 e. The zero-order chi connectivity index (χ0) is 29.0. The monoisotopic (exact) mass is 641 g/mol. The summed E-state index contributed by atoms with van der Waals surface area (Å²) in [6.45, 7) is -0.330. The number of hydrogen-bond donors (Lipinski definition) is 1. The van der Waals surface area contributed by atoms with Gasteiger partial charge in [0.25, 0.3) is 0 Å². The fourth-order valence-electron chi connectivity index (χ4n) is 4.44. The molecule has 210 valence electrons. The smallest absolute Gasteiger partial charge is 0.478 e. The highest BCUT2D eigenvalue weighted by molar-refractivity contribution is 9.10.